The third kappa shape index (κ3) is 3.22. The minimum absolute atomic E-state index is 0.0977. The summed E-state index contributed by atoms with van der Waals surface area (Å²) in [6, 6.07) is 8.01. The molecule has 90 valence electrons. The number of rotatable bonds is 6. The zero-order valence-corrected chi connectivity index (χ0v) is 10.0. The summed E-state index contributed by atoms with van der Waals surface area (Å²) in [5.74, 6) is 1.07. The van der Waals surface area contributed by atoms with Crippen LogP contribution < -0.4 is 10.5 Å². The number of hydrogen-bond donors (Lipinski definition) is 2. The largest absolute Gasteiger partial charge is 0.497 e. The van der Waals surface area contributed by atoms with E-state index in [1.165, 1.54) is 5.56 Å². The molecule has 3 heteroatoms. The number of aliphatic hydroxyl groups is 1. The summed E-state index contributed by atoms with van der Waals surface area (Å²) in [5, 5.41) is 9.06. The van der Waals surface area contributed by atoms with Crippen LogP contribution in [0.1, 0.15) is 31.2 Å². The first kappa shape index (κ1) is 13.0. The third-order valence-corrected chi connectivity index (χ3v) is 2.97. The van der Waals surface area contributed by atoms with Gasteiger partial charge in [0, 0.05) is 18.6 Å². The number of methoxy groups -OCH3 is 1. The molecule has 1 aromatic rings. The van der Waals surface area contributed by atoms with E-state index in [4.69, 9.17) is 15.6 Å². The molecule has 0 aromatic heterocycles. The molecule has 3 N–H and O–H groups in total. The van der Waals surface area contributed by atoms with Crippen LogP contribution in [-0.2, 0) is 0 Å². The van der Waals surface area contributed by atoms with Crippen molar-refractivity contribution in [2.45, 2.75) is 31.7 Å². The van der Waals surface area contributed by atoms with E-state index in [1.807, 2.05) is 24.3 Å². The van der Waals surface area contributed by atoms with Crippen molar-refractivity contribution in [2.75, 3.05) is 13.7 Å². The molecule has 2 unspecified atom stereocenters. The second-order valence-corrected chi connectivity index (χ2v) is 3.96. The zero-order valence-electron chi connectivity index (χ0n) is 10.0. The lowest BCUT2D eigenvalue weighted by Gasteiger charge is -2.22. The van der Waals surface area contributed by atoms with E-state index in [2.05, 4.69) is 6.92 Å². The average molecular weight is 223 g/mol. The molecule has 0 saturated heterocycles. The third-order valence-electron chi connectivity index (χ3n) is 2.97. The summed E-state index contributed by atoms with van der Waals surface area (Å²) < 4.78 is 5.12. The Morgan fingerprint density at radius 2 is 1.94 bits per heavy atom. The maximum Gasteiger partial charge on any atom is 0.118 e. The fourth-order valence-corrected chi connectivity index (χ4v) is 1.90. The highest BCUT2D eigenvalue weighted by Gasteiger charge is 2.17. The van der Waals surface area contributed by atoms with Crippen molar-refractivity contribution in [2.24, 2.45) is 5.73 Å². The van der Waals surface area contributed by atoms with Crippen molar-refractivity contribution in [3.05, 3.63) is 29.8 Å². The molecule has 0 saturated carbocycles. The minimum atomic E-state index is 0.0977. The van der Waals surface area contributed by atoms with Crippen molar-refractivity contribution in [3.63, 3.8) is 0 Å². The molecule has 0 amide bonds. The number of nitrogens with two attached hydrogens (primary N) is 1. The summed E-state index contributed by atoms with van der Waals surface area (Å²) >= 11 is 0. The van der Waals surface area contributed by atoms with Gasteiger partial charge in [0.2, 0.25) is 0 Å². The van der Waals surface area contributed by atoms with Gasteiger partial charge in [0.05, 0.1) is 7.11 Å². The van der Waals surface area contributed by atoms with Crippen molar-refractivity contribution < 1.29 is 9.84 Å². The number of hydrogen-bond acceptors (Lipinski definition) is 3. The van der Waals surface area contributed by atoms with Crippen LogP contribution >= 0.6 is 0 Å². The first-order chi connectivity index (χ1) is 7.72. The Bertz CT molecular complexity index is 297. The predicted octanol–water partition coefficient (Wildman–Crippen LogP) is 1.90. The Morgan fingerprint density at radius 3 is 2.38 bits per heavy atom. The van der Waals surface area contributed by atoms with Gasteiger partial charge in [-0.1, -0.05) is 19.1 Å². The fourth-order valence-electron chi connectivity index (χ4n) is 1.90. The molecule has 0 aliphatic rings. The van der Waals surface area contributed by atoms with Gasteiger partial charge in [-0.05, 0) is 30.5 Å². The van der Waals surface area contributed by atoms with Gasteiger partial charge in [-0.3, -0.25) is 0 Å². The number of ether oxygens (including phenoxy) is 1. The molecule has 2 atom stereocenters. The average Bonchev–Trinajstić information content (AvgIpc) is 2.35. The number of aliphatic hydroxyl groups excluding tert-OH is 1. The van der Waals surface area contributed by atoms with Crippen LogP contribution in [0.15, 0.2) is 24.3 Å². The highest BCUT2D eigenvalue weighted by atomic mass is 16.5. The maximum absolute atomic E-state index is 9.06. The molecule has 0 aliphatic carbocycles. The summed E-state index contributed by atoms with van der Waals surface area (Å²) in [6.07, 6.45) is 1.62. The summed E-state index contributed by atoms with van der Waals surface area (Å²) in [6.45, 7) is 2.24. The van der Waals surface area contributed by atoms with E-state index in [0.29, 0.717) is 6.42 Å². The highest BCUT2D eigenvalue weighted by Crippen LogP contribution is 2.25. The van der Waals surface area contributed by atoms with Crippen LogP contribution in [0.5, 0.6) is 5.75 Å². The Kier molecular flexibility index (Phi) is 5.29. The van der Waals surface area contributed by atoms with Crippen LogP contribution in [0.4, 0.5) is 0 Å². The fraction of sp³-hybridized carbons (Fsp3) is 0.538. The monoisotopic (exact) mass is 223 g/mol. The molecule has 0 fully saturated rings. The molecular weight excluding hydrogens is 202 g/mol. The van der Waals surface area contributed by atoms with E-state index in [1.54, 1.807) is 7.11 Å². The quantitative estimate of drug-likeness (QED) is 0.774. The summed E-state index contributed by atoms with van der Waals surface area (Å²) in [5.41, 5.74) is 7.23. The van der Waals surface area contributed by atoms with Crippen molar-refractivity contribution in [1.82, 2.24) is 0 Å². The Morgan fingerprint density at radius 1 is 1.31 bits per heavy atom. The van der Waals surface area contributed by atoms with Crippen LogP contribution in [0, 0.1) is 0 Å². The lowest BCUT2D eigenvalue weighted by Crippen LogP contribution is -2.28. The molecule has 16 heavy (non-hydrogen) atoms. The van der Waals surface area contributed by atoms with E-state index in [9.17, 15) is 0 Å². The van der Waals surface area contributed by atoms with Gasteiger partial charge in [-0.25, -0.2) is 0 Å². The predicted molar refractivity (Wildman–Crippen MR) is 65.7 cm³/mol. The maximum atomic E-state index is 9.06. The number of benzene rings is 1. The molecule has 0 heterocycles. The molecule has 1 aromatic carbocycles. The van der Waals surface area contributed by atoms with E-state index in [0.717, 1.165) is 12.2 Å². The van der Waals surface area contributed by atoms with Gasteiger partial charge in [-0.15, -0.1) is 0 Å². The minimum Gasteiger partial charge on any atom is -0.497 e. The van der Waals surface area contributed by atoms with Crippen molar-refractivity contribution in [3.8, 4) is 5.75 Å². The van der Waals surface area contributed by atoms with Crippen LogP contribution in [0.2, 0.25) is 0 Å². The lowest BCUT2D eigenvalue weighted by molar-refractivity contribution is 0.266. The van der Waals surface area contributed by atoms with Gasteiger partial charge in [0.25, 0.3) is 0 Å². The van der Waals surface area contributed by atoms with E-state index >= 15 is 0 Å². The summed E-state index contributed by atoms with van der Waals surface area (Å²) in [7, 11) is 1.65. The van der Waals surface area contributed by atoms with Crippen LogP contribution in [-0.4, -0.2) is 24.9 Å². The van der Waals surface area contributed by atoms with Gasteiger partial charge >= 0.3 is 0 Å². The topological polar surface area (TPSA) is 55.5 Å². The summed E-state index contributed by atoms with van der Waals surface area (Å²) in [4.78, 5) is 0. The van der Waals surface area contributed by atoms with E-state index in [-0.39, 0.29) is 18.6 Å². The lowest BCUT2D eigenvalue weighted by atomic mass is 9.88. The molecule has 0 bridgehead atoms. The highest BCUT2D eigenvalue weighted by molar-refractivity contribution is 5.30. The first-order valence-corrected chi connectivity index (χ1v) is 5.73. The van der Waals surface area contributed by atoms with Gasteiger partial charge < -0.3 is 15.6 Å². The standard InChI is InChI=1S/C13H21NO2/c1-3-13(14)12(8-9-15)10-4-6-11(16-2)7-5-10/h4-7,12-13,15H,3,8-9,14H2,1-2H3. The zero-order chi connectivity index (χ0) is 12.0. The molecule has 3 nitrogen and oxygen atoms in total. The van der Waals surface area contributed by atoms with Gasteiger partial charge in [0.1, 0.15) is 5.75 Å². The van der Waals surface area contributed by atoms with Crippen molar-refractivity contribution in [1.29, 1.82) is 0 Å². The molecular formula is C13H21NO2. The molecule has 1 rings (SSSR count). The van der Waals surface area contributed by atoms with Crippen LogP contribution in [0.25, 0.3) is 0 Å². The molecule has 0 aliphatic heterocycles. The van der Waals surface area contributed by atoms with E-state index < -0.39 is 0 Å². The normalized spacial score (nSPS) is 14.5. The smallest absolute Gasteiger partial charge is 0.118 e. The van der Waals surface area contributed by atoms with Crippen molar-refractivity contribution >= 4 is 0 Å². The second-order valence-electron chi connectivity index (χ2n) is 3.96. The molecule has 0 spiro atoms. The van der Waals surface area contributed by atoms with Gasteiger partial charge in [-0.2, -0.15) is 0 Å². The first-order valence-electron chi connectivity index (χ1n) is 5.73. The van der Waals surface area contributed by atoms with Gasteiger partial charge in [0.15, 0.2) is 0 Å². The Balaban J connectivity index is 2.83. The second kappa shape index (κ2) is 6.51. The Hall–Kier alpha value is -1.06. The van der Waals surface area contributed by atoms with Crippen LogP contribution in [0.3, 0.4) is 0 Å². The molecule has 0 radical (unpaired) electrons. The SMILES string of the molecule is CCC(N)C(CCO)c1ccc(OC)cc1. The Labute approximate surface area is 97.2 Å².